The number of anilines is 1. The summed E-state index contributed by atoms with van der Waals surface area (Å²) in [6, 6.07) is 10.4. The minimum absolute atomic E-state index is 0.0806. The third kappa shape index (κ3) is 5.06. The number of hydrazine groups is 2. The highest BCUT2D eigenvalue weighted by Gasteiger charge is 2.20. The molecule has 3 aromatic rings. The third-order valence-corrected chi connectivity index (χ3v) is 4.26. The van der Waals surface area contributed by atoms with Gasteiger partial charge in [0.25, 0.3) is 5.91 Å². The summed E-state index contributed by atoms with van der Waals surface area (Å²) in [6.07, 6.45) is 4.41. The number of benzene rings is 1. The average Bonchev–Trinajstić information content (AvgIpc) is 3.40. The lowest BCUT2D eigenvalue weighted by Gasteiger charge is -2.16. The molecule has 0 radical (unpaired) electrons. The SMILES string of the molecule is COc1ccccc1Oc1cnc(-c2ccnc(N3NC=NN3)c2)nc1C(=O)NOCCO. The number of nitrogens with zero attached hydrogens (tertiary/aromatic N) is 5. The molecule has 1 aliphatic heterocycles. The Kier molecular flexibility index (Phi) is 6.73. The molecular weight excluding hydrogens is 432 g/mol. The fourth-order valence-electron chi connectivity index (χ4n) is 2.78. The number of nitrogens with one attached hydrogen (secondary N) is 3. The monoisotopic (exact) mass is 452 g/mol. The molecule has 33 heavy (non-hydrogen) atoms. The number of pyridine rings is 1. The lowest BCUT2D eigenvalue weighted by molar-refractivity contribution is 0.0163. The molecule has 170 valence electrons. The van der Waals surface area contributed by atoms with E-state index in [4.69, 9.17) is 19.4 Å². The van der Waals surface area contributed by atoms with Gasteiger partial charge in [-0.05, 0) is 24.3 Å². The van der Waals surface area contributed by atoms with E-state index in [1.54, 1.807) is 42.6 Å². The van der Waals surface area contributed by atoms with E-state index in [0.717, 1.165) is 0 Å². The number of methoxy groups -OCH3 is 1. The minimum Gasteiger partial charge on any atom is -0.493 e. The van der Waals surface area contributed by atoms with Gasteiger partial charge in [-0.25, -0.2) is 20.4 Å². The molecule has 0 bridgehead atoms. The molecule has 1 aromatic carbocycles. The van der Waals surface area contributed by atoms with Crippen LogP contribution in [0.25, 0.3) is 11.4 Å². The van der Waals surface area contributed by atoms with E-state index < -0.39 is 5.91 Å². The van der Waals surface area contributed by atoms with Gasteiger partial charge in [0.1, 0.15) is 6.34 Å². The summed E-state index contributed by atoms with van der Waals surface area (Å²) in [5, 5.41) is 14.2. The molecule has 0 saturated heterocycles. The summed E-state index contributed by atoms with van der Waals surface area (Å²) in [5.41, 5.74) is 8.30. The molecule has 3 heterocycles. The van der Waals surface area contributed by atoms with E-state index in [1.807, 2.05) is 0 Å². The van der Waals surface area contributed by atoms with Crippen LogP contribution in [0.5, 0.6) is 17.2 Å². The van der Waals surface area contributed by atoms with Gasteiger partial charge in [0.15, 0.2) is 34.6 Å². The second-order valence-electron chi connectivity index (χ2n) is 6.39. The van der Waals surface area contributed by atoms with Crippen LogP contribution in [0.1, 0.15) is 10.5 Å². The Hall–Kier alpha value is -4.49. The van der Waals surface area contributed by atoms with Gasteiger partial charge in [0.2, 0.25) is 0 Å². The van der Waals surface area contributed by atoms with Crippen LogP contribution in [-0.4, -0.2) is 52.6 Å². The summed E-state index contributed by atoms with van der Waals surface area (Å²) < 4.78 is 11.2. The van der Waals surface area contributed by atoms with Gasteiger partial charge < -0.3 is 14.6 Å². The van der Waals surface area contributed by atoms with Crippen LogP contribution < -0.4 is 31.0 Å². The van der Waals surface area contributed by atoms with Gasteiger partial charge in [-0.1, -0.05) is 12.1 Å². The zero-order valence-electron chi connectivity index (χ0n) is 17.4. The zero-order chi connectivity index (χ0) is 23.0. The van der Waals surface area contributed by atoms with Crippen molar-refractivity contribution in [2.24, 2.45) is 5.10 Å². The fraction of sp³-hybridized carbons (Fsp3) is 0.150. The smallest absolute Gasteiger partial charge is 0.297 e. The number of hydrazone groups is 1. The molecular formula is C20H20N8O5. The Morgan fingerprint density at radius 2 is 2.03 bits per heavy atom. The first-order valence-electron chi connectivity index (χ1n) is 9.70. The van der Waals surface area contributed by atoms with Crippen molar-refractivity contribution in [1.29, 1.82) is 0 Å². The van der Waals surface area contributed by atoms with Gasteiger partial charge in [-0.2, -0.15) is 10.7 Å². The van der Waals surface area contributed by atoms with Crippen LogP contribution in [0.15, 0.2) is 53.9 Å². The van der Waals surface area contributed by atoms with Crippen LogP contribution in [0.3, 0.4) is 0 Å². The Morgan fingerprint density at radius 3 is 2.79 bits per heavy atom. The minimum atomic E-state index is -0.678. The highest BCUT2D eigenvalue weighted by Crippen LogP contribution is 2.32. The number of carbonyl (C=O) groups excluding carboxylic acids is 1. The number of hydroxylamine groups is 1. The Balaban J connectivity index is 1.68. The quantitative estimate of drug-likeness (QED) is 0.269. The number of aliphatic hydroxyl groups excluding tert-OH is 1. The molecule has 0 unspecified atom stereocenters. The first-order valence-corrected chi connectivity index (χ1v) is 9.70. The topological polar surface area (TPSA) is 155 Å². The number of aliphatic hydroxyl groups is 1. The second kappa shape index (κ2) is 10.2. The van der Waals surface area contributed by atoms with Crippen molar-refractivity contribution in [3.05, 3.63) is 54.5 Å². The molecule has 13 heteroatoms. The predicted molar refractivity (Wildman–Crippen MR) is 116 cm³/mol. The van der Waals surface area contributed by atoms with Crippen molar-refractivity contribution in [3.63, 3.8) is 0 Å². The maximum absolute atomic E-state index is 12.8. The number of amides is 1. The van der Waals surface area contributed by atoms with Gasteiger partial charge in [0, 0.05) is 11.8 Å². The Bertz CT molecular complexity index is 1150. The summed E-state index contributed by atoms with van der Waals surface area (Å²) in [5.74, 6) is 0.996. The molecule has 4 N–H and O–H groups in total. The van der Waals surface area contributed by atoms with Crippen molar-refractivity contribution in [3.8, 4) is 28.6 Å². The molecule has 2 aromatic heterocycles. The molecule has 13 nitrogen and oxygen atoms in total. The molecule has 0 saturated carbocycles. The highest BCUT2D eigenvalue weighted by atomic mass is 16.7. The van der Waals surface area contributed by atoms with E-state index >= 15 is 0 Å². The van der Waals surface area contributed by atoms with E-state index in [2.05, 4.69) is 36.5 Å². The summed E-state index contributed by atoms with van der Waals surface area (Å²) >= 11 is 0. The van der Waals surface area contributed by atoms with Crippen molar-refractivity contribution < 1.29 is 24.2 Å². The number of carbonyl (C=O) groups is 1. The number of rotatable bonds is 9. The molecule has 1 aliphatic rings. The first kappa shape index (κ1) is 21.7. The third-order valence-electron chi connectivity index (χ3n) is 4.26. The van der Waals surface area contributed by atoms with Crippen LogP contribution in [0, 0.1) is 0 Å². The fourth-order valence-corrected chi connectivity index (χ4v) is 2.78. The van der Waals surface area contributed by atoms with Crippen molar-refractivity contribution in [1.82, 2.24) is 31.4 Å². The van der Waals surface area contributed by atoms with Crippen LogP contribution in [0.4, 0.5) is 5.82 Å². The largest absolute Gasteiger partial charge is 0.493 e. The molecule has 4 rings (SSSR count). The summed E-state index contributed by atoms with van der Waals surface area (Å²) in [4.78, 5) is 30.7. The molecule has 0 aliphatic carbocycles. The van der Waals surface area contributed by atoms with Gasteiger partial charge in [-0.15, -0.1) is 5.10 Å². The van der Waals surface area contributed by atoms with Crippen molar-refractivity contribution in [2.75, 3.05) is 25.4 Å². The van der Waals surface area contributed by atoms with E-state index in [9.17, 15) is 4.79 Å². The van der Waals surface area contributed by atoms with E-state index in [1.165, 1.54) is 24.8 Å². The van der Waals surface area contributed by atoms with E-state index in [-0.39, 0.29) is 30.5 Å². The van der Waals surface area contributed by atoms with Crippen LogP contribution >= 0.6 is 0 Å². The normalized spacial score (nSPS) is 12.1. The first-order chi connectivity index (χ1) is 16.2. The van der Waals surface area contributed by atoms with Crippen LogP contribution in [-0.2, 0) is 4.84 Å². The van der Waals surface area contributed by atoms with Crippen molar-refractivity contribution >= 4 is 18.1 Å². The molecule has 0 spiro atoms. The maximum atomic E-state index is 12.8. The van der Waals surface area contributed by atoms with E-state index in [0.29, 0.717) is 22.9 Å². The second-order valence-corrected chi connectivity index (χ2v) is 6.39. The maximum Gasteiger partial charge on any atom is 0.297 e. The summed E-state index contributed by atoms with van der Waals surface area (Å²) in [6.45, 7) is -0.347. The molecule has 1 amide bonds. The average molecular weight is 452 g/mol. The van der Waals surface area contributed by atoms with Gasteiger partial charge in [-0.3, -0.25) is 15.1 Å². The highest BCUT2D eigenvalue weighted by molar-refractivity contribution is 5.94. The number of para-hydroxylation sites is 2. The standard InChI is InChI=1S/C20H20N8O5/c1-31-14-4-2-3-5-15(14)33-16-11-22-19(25-18(16)20(30)26-32-9-8-29)13-6-7-21-17(10-13)28-24-12-23-27-28/h2-7,10-12,27,29H,8-9H2,1H3,(H,23,24)(H,26,30). The summed E-state index contributed by atoms with van der Waals surface area (Å²) in [7, 11) is 1.51. The molecule has 0 fully saturated rings. The number of hydrogen-bond donors (Lipinski definition) is 4. The molecule has 0 atom stereocenters. The van der Waals surface area contributed by atoms with Gasteiger partial charge >= 0.3 is 0 Å². The lowest BCUT2D eigenvalue weighted by Crippen LogP contribution is -2.39. The lowest BCUT2D eigenvalue weighted by atomic mass is 10.2. The van der Waals surface area contributed by atoms with Crippen LogP contribution in [0.2, 0.25) is 0 Å². The van der Waals surface area contributed by atoms with Gasteiger partial charge in [0.05, 0.1) is 26.5 Å². The predicted octanol–water partition coefficient (Wildman–Crippen LogP) is 0.766. The number of ether oxygens (including phenoxy) is 2. The Labute approximate surface area is 187 Å². The Morgan fingerprint density at radius 1 is 1.18 bits per heavy atom. The zero-order valence-corrected chi connectivity index (χ0v) is 17.4. The number of aromatic nitrogens is 3. The van der Waals surface area contributed by atoms with Crippen molar-refractivity contribution in [2.45, 2.75) is 0 Å². The number of hydrogen-bond acceptors (Lipinski definition) is 12.